The molecule has 1 fully saturated rings. The minimum Gasteiger partial charge on any atom is -0.493 e. The van der Waals surface area contributed by atoms with Crippen LogP contribution < -0.4 is 9.47 Å². The molecular weight excluding hydrogens is 292 g/mol. The molecule has 1 saturated heterocycles. The predicted molar refractivity (Wildman–Crippen MR) is 80.7 cm³/mol. The van der Waals surface area contributed by atoms with Gasteiger partial charge in [-0.15, -0.1) is 0 Å². The molecule has 21 heavy (non-hydrogen) atoms. The van der Waals surface area contributed by atoms with Crippen LogP contribution in [0.1, 0.15) is 36.5 Å². The van der Waals surface area contributed by atoms with E-state index in [9.17, 15) is 13.5 Å². The molecule has 0 radical (unpaired) electrons. The van der Waals surface area contributed by atoms with E-state index in [1.165, 1.54) is 7.11 Å². The summed E-state index contributed by atoms with van der Waals surface area (Å²) >= 11 is 0. The molecule has 5 nitrogen and oxygen atoms in total. The monoisotopic (exact) mass is 314 g/mol. The van der Waals surface area contributed by atoms with Gasteiger partial charge in [0.15, 0.2) is 21.3 Å². The van der Waals surface area contributed by atoms with Crippen molar-refractivity contribution in [2.75, 3.05) is 20.0 Å². The number of ether oxygens (including phenoxy) is 2. The molecular formula is C15H22O5S. The van der Waals surface area contributed by atoms with E-state index in [0.29, 0.717) is 29.9 Å². The van der Waals surface area contributed by atoms with Gasteiger partial charge in [-0.25, -0.2) is 8.42 Å². The van der Waals surface area contributed by atoms with E-state index in [-0.39, 0.29) is 5.75 Å². The summed E-state index contributed by atoms with van der Waals surface area (Å²) < 4.78 is 34.8. The van der Waals surface area contributed by atoms with E-state index in [4.69, 9.17) is 9.47 Å². The van der Waals surface area contributed by atoms with E-state index in [2.05, 4.69) is 0 Å². The molecule has 118 valence electrons. The normalized spacial score (nSPS) is 22.6. The molecule has 1 aliphatic heterocycles. The van der Waals surface area contributed by atoms with Crippen LogP contribution in [0, 0.1) is 6.92 Å². The summed E-state index contributed by atoms with van der Waals surface area (Å²) in [6.07, 6.45) is 0.969. The van der Waals surface area contributed by atoms with E-state index in [1.807, 2.05) is 6.92 Å². The van der Waals surface area contributed by atoms with Crippen LogP contribution >= 0.6 is 0 Å². The second-order valence-electron chi connectivity index (χ2n) is 5.41. The van der Waals surface area contributed by atoms with Crippen LogP contribution in [0.25, 0.3) is 0 Å². The smallest absolute Gasteiger partial charge is 0.161 e. The van der Waals surface area contributed by atoms with Crippen molar-refractivity contribution in [1.29, 1.82) is 0 Å². The van der Waals surface area contributed by atoms with Crippen LogP contribution in [0.5, 0.6) is 11.5 Å². The Morgan fingerprint density at radius 2 is 1.81 bits per heavy atom. The maximum Gasteiger partial charge on any atom is 0.161 e. The largest absolute Gasteiger partial charge is 0.493 e. The lowest BCUT2D eigenvalue weighted by Gasteiger charge is -2.28. The summed E-state index contributed by atoms with van der Waals surface area (Å²) in [6.45, 7) is 1.83. The third-order valence-corrected chi connectivity index (χ3v) is 6.35. The first-order valence-electron chi connectivity index (χ1n) is 7.03. The molecule has 1 heterocycles. The summed E-state index contributed by atoms with van der Waals surface area (Å²) in [5.74, 6) is 1.21. The lowest BCUT2D eigenvalue weighted by Crippen LogP contribution is -2.34. The fourth-order valence-electron chi connectivity index (χ4n) is 2.85. The number of aryl methyl sites for hydroxylation is 1. The van der Waals surface area contributed by atoms with Gasteiger partial charge in [-0.2, -0.15) is 0 Å². The van der Waals surface area contributed by atoms with Crippen LogP contribution in [0.3, 0.4) is 0 Å². The highest BCUT2D eigenvalue weighted by molar-refractivity contribution is 7.92. The first kappa shape index (κ1) is 16.1. The first-order chi connectivity index (χ1) is 9.90. The molecule has 2 unspecified atom stereocenters. The quantitative estimate of drug-likeness (QED) is 0.920. The Labute approximate surface area is 125 Å². The highest BCUT2D eigenvalue weighted by atomic mass is 32.2. The average Bonchev–Trinajstić information content (AvgIpc) is 2.45. The molecule has 0 amide bonds. The van der Waals surface area contributed by atoms with Gasteiger partial charge in [-0.3, -0.25) is 0 Å². The second-order valence-corrected chi connectivity index (χ2v) is 7.75. The first-order valence-corrected chi connectivity index (χ1v) is 8.74. The number of benzene rings is 1. The van der Waals surface area contributed by atoms with Gasteiger partial charge in [-0.1, -0.05) is 6.42 Å². The molecule has 2 atom stereocenters. The Morgan fingerprint density at radius 1 is 1.19 bits per heavy atom. The van der Waals surface area contributed by atoms with Crippen molar-refractivity contribution >= 4 is 9.84 Å². The van der Waals surface area contributed by atoms with Gasteiger partial charge in [0.2, 0.25) is 0 Å². The molecule has 0 aromatic heterocycles. The van der Waals surface area contributed by atoms with Crippen molar-refractivity contribution < 1.29 is 23.0 Å². The minimum absolute atomic E-state index is 0.154. The molecule has 0 saturated carbocycles. The van der Waals surface area contributed by atoms with Crippen molar-refractivity contribution in [2.45, 2.75) is 37.5 Å². The van der Waals surface area contributed by atoms with Crippen LogP contribution in [0.2, 0.25) is 0 Å². The molecule has 0 bridgehead atoms. The van der Waals surface area contributed by atoms with Gasteiger partial charge in [0, 0.05) is 0 Å². The van der Waals surface area contributed by atoms with Gasteiger partial charge in [-0.05, 0) is 43.0 Å². The molecule has 2 rings (SSSR count). The predicted octanol–water partition coefficient (Wildman–Crippen LogP) is 2.01. The van der Waals surface area contributed by atoms with Gasteiger partial charge >= 0.3 is 0 Å². The zero-order valence-corrected chi connectivity index (χ0v) is 13.4. The van der Waals surface area contributed by atoms with Gasteiger partial charge < -0.3 is 14.6 Å². The van der Waals surface area contributed by atoms with Gasteiger partial charge in [0.05, 0.1) is 31.3 Å². The van der Waals surface area contributed by atoms with Crippen LogP contribution in [-0.2, 0) is 9.84 Å². The minimum atomic E-state index is -3.25. The molecule has 1 aliphatic rings. The molecule has 6 heteroatoms. The fraction of sp³-hybridized carbons (Fsp3) is 0.600. The van der Waals surface area contributed by atoms with Crippen LogP contribution in [-0.4, -0.2) is 38.7 Å². The Hall–Kier alpha value is -1.27. The highest BCUT2D eigenvalue weighted by Gasteiger charge is 2.36. The number of hydrogen-bond donors (Lipinski definition) is 1. The number of aliphatic hydroxyl groups excluding tert-OH is 1. The Kier molecular flexibility index (Phi) is 4.78. The van der Waals surface area contributed by atoms with Crippen molar-refractivity contribution in [3.8, 4) is 11.5 Å². The zero-order chi connectivity index (χ0) is 15.6. The van der Waals surface area contributed by atoms with Crippen LogP contribution in [0.4, 0.5) is 0 Å². The van der Waals surface area contributed by atoms with E-state index < -0.39 is 21.2 Å². The summed E-state index contributed by atoms with van der Waals surface area (Å²) in [5.41, 5.74) is 1.38. The van der Waals surface area contributed by atoms with E-state index in [1.54, 1.807) is 19.2 Å². The van der Waals surface area contributed by atoms with Crippen molar-refractivity contribution in [3.05, 3.63) is 23.3 Å². The highest BCUT2D eigenvalue weighted by Crippen LogP contribution is 2.37. The Bertz CT molecular complexity index is 609. The number of sulfone groups is 1. The number of aliphatic hydroxyl groups is 1. The summed E-state index contributed by atoms with van der Waals surface area (Å²) in [7, 11) is -0.190. The van der Waals surface area contributed by atoms with Crippen molar-refractivity contribution in [2.24, 2.45) is 0 Å². The number of rotatable bonds is 4. The average molecular weight is 314 g/mol. The standard InChI is InChI=1S/C15H22O5S/c1-10-8-12(19-2)13(20-3)9-11(10)15(16)14-6-4-5-7-21(14,17)18/h8-9,14-16H,4-7H2,1-3H3. The Morgan fingerprint density at radius 3 is 2.38 bits per heavy atom. The zero-order valence-electron chi connectivity index (χ0n) is 12.6. The third kappa shape index (κ3) is 3.16. The summed E-state index contributed by atoms with van der Waals surface area (Å²) in [4.78, 5) is 0. The van der Waals surface area contributed by atoms with Gasteiger partial charge in [0.1, 0.15) is 0 Å². The lowest BCUT2D eigenvalue weighted by atomic mass is 9.97. The second kappa shape index (κ2) is 6.23. The van der Waals surface area contributed by atoms with E-state index in [0.717, 1.165) is 12.0 Å². The van der Waals surface area contributed by atoms with Crippen molar-refractivity contribution in [3.63, 3.8) is 0 Å². The van der Waals surface area contributed by atoms with Crippen molar-refractivity contribution in [1.82, 2.24) is 0 Å². The maximum atomic E-state index is 12.2. The third-order valence-electron chi connectivity index (χ3n) is 4.07. The molecule has 0 aliphatic carbocycles. The molecule has 1 aromatic rings. The topological polar surface area (TPSA) is 72.8 Å². The number of hydrogen-bond acceptors (Lipinski definition) is 5. The fourth-order valence-corrected chi connectivity index (χ4v) is 4.82. The molecule has 0 spiro atoms. The van der Waals surface area contributed by atoms with Crippen LogP contribution in [0.15, 0.2) is 12.1 Å². The molecule has 1 aromatic carbocycles. The Balaban J connectivity index is 2.41. The lowest BCUT2D eigenvalue weighted by molar-refractivity contribution is 0.163. The summed E-state index contributed by atoms with van der Waals surface area (Å²) in [5, 5.41) is 9.84. The maximum absolute atomic E-state index is 12.2. The van der Waals surface area contributed by atoms with E-state index >= 15 is 0 Å². The SMILES string of the molecule is COc1cc(C)c(C(O)C2CCCCS2(=O)=O)cc1OC. The summed E-state index contributed by atoms with van der Waals surface area (Å²) in [6, 6.07) is 3.43. The number of methoxy groups -OCH3 is 2. The van der Waals surface area contributed by atoms with Gasteiger partial charge in [0.25, 0.3) is 0 Å². The molecule has 1 N–H and O–H groups in total.